The van der Waals surface area contributed by atoms with Crippen LogP contribution in [-0.2, 0) is 10.0 Å². The maximum absolute atomic E-state index is 11.8. The highest BCUT2D eigenvalue weighted by Crippen LogP contribution is 2.22. The molecular formula is C11H13ClN2O2S2. The van der Waals surface area contributed by atoms with Crippen LogP contribution >= 0.6 is 22.9 Å². The minimum absolute atomic E-state index is 0.0977. The van der Waals surface area contributed by atoms with Gasteiger partial charge in [-0.2, -0.15) is 0 Å². The summed E-state index contributed by atoms with van der Waals surface area (Å²) in [6, 6.07) is 5.33. The lowest BCUT2D eigenvalue weighted by atomic mass is 10.3. The average molecular weight is 305 g/mol. The van der Waals surface area contributed by atoms with Crippen LogP contribution < -0.4 is 4.72 Å². The molecule has 0 fully saturated rings. The van der Waals surface area contributed by atoms with Crippen LogP contribution in [0.3, 0.4) is 0 Å². The van der Waals surface area contributed by atoms with Crippen molar-refractivity contribution in [2.45, 2.75) is 12.8 Å². The van der Waals surface area contributed by atoms with Crippen LogP contribution in [0.1, 0.15) is 12.8 Å². The highest BCUT2D eigenvalue weighted by atomic mass is 35.5. The Morgan fingerprint density at radius 3 is 2.94 bits per heavy atom. The lowest BCUT2D eigenvalue weighted by Crippen LogP contribution is -2.16. The van der Waals surface area contributed by atoms with E-state index in [1.165, 1.54) is 11.3 Å². The van der Waals surface area contributed by atoms with E-state index in [0.29, 0.717) is 24.4 Å². The Morgan fingerprint density at radius 1 is 1.33 bits per heavy atom. The fraction of sp³-hybridized carbons (Fsp3) is 0.364. The largest absolute Gasteiger partial charge is 0.284 e. The fourth-order valence-electron chi connectivity index (χ4n) is 1.54. The molecule has 0 bridgehead atoms. The topological polar surface area (TPSA) is 59.1 Å². The summed E-state index contributed by atoms with van der Waals surface area (Å²) in [6.45, 7) is 0. The highest BCUT2D eigenvalue weighted by Gasteiger charge is 2.10. The lowest BCUT2D eigenvalue weighted by Gasteiger charge is -2.07. The van der Waals surface area contributed by atoms with Gasteiger partial charge in [0.2, 0.25) is 10.0 Å². The van der Waals surface area contributed by atoms with Gasteiger partial charge in [0, 0.05) is 5.88 Å². The smallest absolute Gasteiger partial charge is 0.232 e. The summed E-state index contributed by atoms with van der Waals surface area (Å²) >= 11 is 7.01. The van der Waals surface area contributed by atoms with Crippen molar-refractivity contribution < 1.29 is 8.42 Å². The molecule has 0 atom stereocenters. The van der Waals surface area contributed by atoms with Gasteiger partial charge in [-0.25, -0.2) is 13.4 Å². The summed E-state index contributed by atoms with van der Waals surface area (Å²) in [4.78, 5) is 4.14. The van der Waals surface area contributed by atoms with E-state index in [4.69, 9.17) is 11.6 Å². The first-order valence-corrected chi connectivity index (χ1v) is 8.57. The van der Waals surface area contributed by atoms with Crippen LogP contribution in [0, 0.1) is 0 Å². The molecule has 0 saturated heterocycles. The van der Waals surface area contributed by atoms with Gasteiger partial charge in [-0.15, -0.1) is 22.9 Å². The number of rotatable bonds is 6. The molecule has 0 aliphatic heterocycles. The molecule has 2 aromatic rings. The molecule has 0 spiro atoms. The van der Waals surface area contributed by atoms with E-state index < -0.39 is 10.0 Å². The number of thiazole rings is 1. The Hall–Kier alpha value is -0.850. The number of sulfonamides is 1. The molecule has 7 heteroatoms. The molecule has 18 heavy (non-hydrogen) atoms. The zero-order chi connectivity index (χ0) is 13.0. The first-order chi connectivity index (χ1) is 8.61. The summed E-state index contributed by atoms with van der Waals surface area (Å²) in [6.07, 6.45) is 1.28. The Balaban J connectivity index is 2.07. The molecule has 0 radical (unpaired) electrons. The molecular weight excluding hydrogens is 292 g/mol. The summed E-state index contributed by atoms with van der Waals surface area (Å²) in [5.74, 6) is 0.586. The number of nitrogens with one attached hydrogen (secondary N) is 1. The van der Waals surface area contributed by atoms with E-state index in [1.54, 1.807) is 17.6 Å². The molecule has 1 heterocycles. The third-order valence-electron chi connectivity index (χ3n) is 2.40. The van der Waals surface area contributed by atoms with Gasteiger partial charge in [0.05, 0.1) is 27.2 Å². The van der Waals surface area contributed by atoms with E-state index in [1.807, 2.05) is 6.07 Å². The van der Waals surface area contributed by atoms with Crippen molar-refractivity contribution in [1.29, 1.82) is 0 Å². The summed E-state index contributed by atoms with van der Waals surface area (Å²) in [7, 11) is -3.28. The molecule has 1 N–H and O–H groups in total. The maximum Gasteiger partial charge on any atom is 0.232 e. The van der Waals surface area contributed by atoms with Crippen molar-refractivity contribution in [3.63, 3.8) is 0 Å². The summed E-state index contributed by atoms with van der Waals surface area (Å²) < 4.78 is 27.1. The van der Waals surface area contributed by atoms with E-state index in [2.05, 4.69) is 9.71 Å². The first-order valence-electron chi connectivity index (χ1n) is 5.50. The molecule has 0 unspecified atom stereocenters. The van der Waals surface area contributed by atoms with E-state index in [9.17, 15) is 8.42 Å². The SMILES string of the molecule is O=S(=O)(CCCCCl)Nc1ccc2ncsc2c1. The molecule has 1 aromatic carbocycles. The van der Waals surface area contributed by atoms with Crippen LogP contribution in [0.2, 0.25) is 0 Å². The molecule has 2 rings (SSSR count). The van der Waals surface area contributed by atoms with Gasteiger partial charge in [-0.05, 0) is 31.0 Å². The molecule has 1 aromatic heterocycles. The molecule has 98 valence electrons. The molecule has 0 amide bonds. The minimum Gasteiger partial charge on any atom is -0.284 e. The summed E-state index contributed by atoms with van der Waals surface area (Å²) in [5, 5.41) is 0. The van der Waals surface area contributed by atoms with Gasteiger partial charge in [0.15, 0.2) is 0 Å². The van der Waals surface area contributed by atoms with Crippen molar-refractivity contribution in [3.05, 3.63) is 23.7 Å². The van der Waals surface area contributed by atoms with Gasteiger partial charge in [0.1, 0.15) is 0 Å². The average Bonchev–Trinajstić information content (AvgIpc) is 2.75. The Kier molecular flexibility index (Phi) is 4.42. The van der Waals surface area contributed by atoms with Crippen LogP contribution in [0.4, 0.5) is 5.69 Å². The number of hydrogen-bond donors (Lipinski definition) is 1. The molecule has 0 aliphatic rings. The van der Waals surface area contributed by atoms with Crippen molar-refractivity contribution in [1.82, 2.24) is 4.98 Å². The number of benzene rings is 1. The van der Waals surface area contributed by atoms with E-state index in [-0.39, 0.29) is 5.75 Å². The number of nitrogens with zero attached hydrogens (tertiary/aromatic N) is 1. The van der Waals surface area contributed by atoms with Crippen LogP contribution in [-0.4, -0.2) is 25.0 Å². The molecule has 4 nitrogen and oxygen atoms in total. The number of unbranched alkanes of at least 4 members (excludes halogenated alkanes) is 1. The fourth-order valence-corrected chi connectivity index (χ4v) is 3.61. The number of hydrogen-bond acceptors (Lipinski definition) is 4. The predicted octanol–water partition coefficient (Wildman–Crippen LogP) is 3.06. The van der Waals surface area contributed by atoms with Crippen molar-refractivity contribution in [3.8, 4) is 0 Å². The summed E-state index contributed by atoms with van der Waals surface area (Å²) in [5.41, 5.74) is 3.20. The normalized spacial score (nSPS) is 11.8. The Morgan fingerprint density at radius 2 is 2.17 bits per heavy atom. The molecule has 0 aliphatic carbocycles. The van der Waals surface area contributed by atoms with Crippen LogP contribution in [0.15, 0.2) is 23.7 Å². The number of anilines is 1. The second-order valence-electron chi connectivity index (χ2n) is 3.85. The standard InChI is InChI=1S/C11H13ClN2O2S2/c12-5-1-2-6-18(15,16)14-9-3-4-10-11(7-9)17-8-13-10/h3-4,7-8,14H,1-2,5-6H2. The van der Waals surface area contributed by atoms with Crippen molar-refractivity contribution in [2.75, 3.05) is 16.4 Å². The van der Waals surface area contributed by atoms with Gasteiger partial charge in [-0.3, -0.25) is 4.72 Å². The van der Waals surface area contributed by atoms with Crippen LogP contribution in [0.25, 0.3) is 10.2 Å². The van der Waals surface area contributed by atoms with Gasteiger partial charge in [-0.1, -0.05) is 0 Å². The lowest BCUT2D eigenvalue weighted by molar-refractivity contribution is 0.598. The van der Waals surface area contributed by atoms with E-state index >= 15 is 0 Å². The third kappa shape index (κ3) is 3.57. The van der Waals surface area contributed by atoms with Crippen molar-refractivity contribution in [2.24, 2.45) is 0 Å². The van der Waals surface area contributed by atoms with Gasteiger partial charge in [0.25, 0.3) is 0 Å². The number of aromatic nitrogens is 1. The zero-order valence-corrected chi connectivity index (χ0v) is 12.0. The number of fused-ring (bicyclic) bond motifs is 1. The number of halogens is 1. The maximum atomic E-state index is 11.8. The third-order valence-corrected chi connectivity index (χ3v) is 4.83. The Bertz CT molecular complexity index is 625. The predicted molar refractivity (Wildman–Crippen MR) is 77.0 cm³/mol. The van der Waals surface area contributed by atoms with Gasteiger partial charge >= 0.3 is 0 Å². The quantitative estimate of drug-likeness (QED) is 0.659. The Labute approximate surface area is 115 Å². The van der Waals surface area contributed by atoms with Crippen LogP contribution in [0.5, 0.6) is 0 Å². The second-order valence-corrected chi connectivity index (χ2v) is 6.96. The monoisotopic (exact) mass is 304 g/mol. The number of alkyl halides is 1. The van der Waals surface area contributed by atoms with Gasteiger partial charge < -0.3 is 0 Å². The second kappa shape index (κ2) is 5.86. The highest BCUT2D eigenvalue weighted by molar-refractivity contribution is 7.92. The zero-order valence-electron chi connectivity index (χ0n) is 9.60. The first kappa shape index (κ1) is 13.6. The van der Waals surface area contributed by atoms with E-state index in [0.717, 1.165) is 10.2 Å². The van der Waals surface area contributed by atoms with Crippen molar-refractivity contribution >= 4 is 48.9 Å². The minimum atomic E-state index is -3.28. The molecule has 0 saturated carbocycles.